The van der Waals surface area contributed by atoms with Gasteiger partial charge in [-0.15, -0.1) is 0 Å². The molecule has 1 aromatic carbocycles. The maximum absolute atomic E-state index is 13.1. The molecule has 2 aliphatic heterocycles. The summed E-state index contributed by atoms with van der Waals surface area (Å²) in [6, 6.07) is 10.7. The van der Waals surface area contributed by atoms with Crippen LogP contribution in [-0.2, 0) is 16.0 Å². The minimum absolute atomic E-state index is 0.116. The molecule has 43 heavy (non-hydrogen) atoms. The van der Waals surface area contributed by atoms with Crippen LogP contribution in [0.4, 0.5) is 13.2 Å². The van der Waals surface area contributed by atoms with Crippen LogP contribution < -0.4 is 5.32 Å². The van der Waals surface area contributed by atoms with Crippen LogP contribution in [0.3, 0.4) is 0 Å². The van der Waals surface area contributed by atoms with Gasteiger partial charge in [0.15, 0.2) is 11.5 Å². The van der Waals surface area contributed by atoms with Gasteiger partial charge in [0.05, 0.1) is 6.42 Å². The normalized spacial score (nSPS) is 18.1. The maximum atomic E-state index is 13.1. The molecule has 0 spiro atoms. The Morgan fingerprint density at radius 1 is 1.05 bits per heavy atom. The first kappa shape index (κ1) is 30.2. The number of amides is 3. The summed E-state index contributed by atoms with van der Waals surface area (Å²) in [5.74, 6) is -0.139. The van der Waals surface area contributed by atoms with Crippen molar-refractivity contribution in [2.24, 2.45) is 0 Å². The Labute approximate surface area is 247 Å². The molecule has 4 heterocycles. The first-order chi connectivity index (χ1) is 20.5. The lowest BCUT2D eigenvalue weighted by Crippen LogP contribution is -2.58. The second kappa shape index (κ2) is 12.5. The molecule has 1 unspecified atom stereocenters. The molecule has 0 bridgehead atoms. The summed E-state index contributed by atoms with van der Waals surface area (Å²) in [4.78, 5) is 47.4. The molecule has 1 atom stereocenters. The van der Waals surface area contributed by atoms with E-state index >= 15 is 0 Å². The summed E-state index contributed by atoms with van der Waals surface area (Å²) in [5.41, 5.74) is 3.97. The van der Waals surface area contributed by atoms with E-state index in [9.17, 15) is 27.6 Å². The van der Waals surface area contributed by atoms with Crippen molar-refractivity contribution < 1.29 is 27.6 Å². The van der Waals surface area contributed by atoms with E-state index in [1.54, 1.807) is 34.8 Å². The van der Waals surface area contributed by atoms with Gasteiger partial charge in [0.2, 0.25) is 11.8 Å². The van der Waals surface area contributed by atoms with Crippen LogP contribution in [0.1, 0.15) is 46.6 Å². The molecule has 0 aliphatic carbocycles. The lowest BCUT2D eigenvalue weighted by molar-refractivity contribution is -0.148. The van der Waals surface area contributed by atoms with Crippen LogP contribution in [0, 0.1) is 0 Å². The van der Waals surface area contributed by atoms with Gasteiger partial charge in [-0.3, -0.25) is 19.3 Å². The second-order valence-electron chi connectivity index (χ2n) is 10.9. The van der Waals surface area contributed by atoms with Crippen molar-refractivity contribution in [3.05, 3.63) is 71.2 Å². The summed E-state index contributed by atoms with van der Waals surface area (Å²) < 4.78 is 39.2. The third kappa shape index (κ3) is 7.04. The molecule has 3 amide bonds. The van der Waals surface area contributed by atoms with Crippen molar-refractivity contribution in [1.82, 2.24) is 34.6 Å². The number of nitrogens with zero attached hydrogens (tertiary/aromatic N) is 6. The lowest BCUT2D eigenvalue weighted by atomic mass is 10.00. The van der Waals surface area contributed by atoms with E-state index in [-0.39, 0.29) is 24.4 Å². The Kier molecular flexibility index (Phi) is 8.81. The van der Waals surface area contributed by atoms with Crippen molar-refractivity contribution in [1.29, 1.82) is 0 Å². The first-order valence-electron chi connectivity index (χ1n) is 14.2. The number of hydrogen-bond acceptors (Lipinski definition) is 6. The third-order valence-corrected chi connectivity index (χ3v) is 7.98. The number of hydrogen-bond donors (Lipinski definition) is 1. The van der Waals surface area contributed by atoms with Crippen LogP contribution >= 0.6 is 0 Å². The molecule has 3 aromatic rings. The highest BCUT2D eigenvalue weighted by molar-refractivity contribution is 5.95. The molecule has 0 saturated carbocycles. The molecule has 5 rings (SSSR count). The van der Waals surface area contributed by atoms with E-state index in [1.807, 2.05) is 42.3 Å². The van der Waals surface area contributed by atoms with Gasteiger partial charge in [-0.1, -0.05) is 18.2 Å². The molecule has 1 fully saturated rings. The molecule has 1 N–H and O–H groups in total. The number of carbonyl (C=O) groups excluding carboxylic acids is 3. The number of carbonyl (C=O) groups is 3. The fourth-order valence-electron chi connectivity index (χ4n) is 5.46. The SMILES string of the molecule is CNC(=O)C1CN(C(=O)c2ccc(Cc3nc4c(C5=CCN(C(=O)CCC(F)(F)F)CC5)cccn4n3)cc2)CCN1C. The van der Waals surface area contributed by atoms with E-state index in [4.69, 9.17) is 4.98 Å². The highest BCUT2D eigenvalue weighted by atomic mass is 19.4. The van der Waals surface area contributed by atoms with Crippen LogP contribution in [0.5, 0.6) is 0 Å². The van der Waals surface area contributed by atoms with Crippen LogP contribution in [-0.4, -0.2) is 106 Å². The van der Waals surface area contributed by atoms with Crippen molar-refractivity contribution in [3.8, 4) is 0 Å². The summed E-state index contributed by atoms with van der Waals surface area (Å²) >= 11 is 0. The number of benzene rings is 1. The molecular weight excluding hydrogens is 563 g/mol. The van der Waals surface area contributed by atoms with Gasteiger partial charge in [0.25, 0.3) is 5.91 Å². The van der Waals surface area contributed by atoms with Gasteiger partial charge in [0.1, 0.15) is 6.04 Å². The van der Waals surface area contributed by atoms with Crippen molar-refractivity contribution in [2.45, 2.75) is 37.9 Å². The highest BCUT2D eigenvalue weighted by Crippen LogP contribution is 2.27. The largest absolute Gasteiger partial charge is 0.389 e. The van der Waals surface area contributed by atoms with Crippen LogP contribution in [0.2, 0.25) is 0 Å². The summed E-state index contributed by atoms with van der Waals surface area (Å²) in [6.45, 7) is 2.07. The van der Waals surface area contributed by atoms with E-state index in [0.717, 1.165) is 16.7 Å². The zero-order valence-corrected chi connectivity index (χ0v) is 24.1. The number of nitrogens with one attached hydrogen (secondary N) is 1. The number of likely N-dealkylation sites (N-methyl/N-ethyl adjacent to an activating group) is 2. The van der Waals surface area contributed by atoms with Crippen LogP contribution in [0.15, 0.2) is 48.7 Å². The quantitative estimate of drug-likeness (QED) is 0.450. The number of alkyl halides is 3. The molecule has 10 nitrogen and oxygen atoms in total. The monoisotopic (exact) mass is 597 g/mol. The Hall–Kier alpha value is -4.26. The fraction of sp³-hybridized carbons (Fsp3) is 0.433. The molecule has 228 valence electrons. The van der Waals surface area contributed by atoms with Gasteiger partial charge < -0.3 is 15.1 Å². The number of fused-ring (bicyclic) bond motifs is 1. The van der Waals surface area contributed by atoms with Gasteiger partial charge in [-0.2, -0.15) is 18.3 Å². The Morgan fingerprint density at radius 3 is 2.49 bits per heavy atom. The smallest absolute Gasteiger partial charge is 0.358 e. The number of rotatable bonds is 7. The number of piperazine rings is 1. The summed E-state index contributed by atoms with van der Waals surface area (Å²) in [7, 11) is 3.47. The molecule has 0 radical (unpaired) electrons. The van der Waals surface area contributed by atoms with E-state index in [1.165, 1.54) is 4.90 Å². The average Bonchev–Trinajstić information content (AvgIpc) is 3.42. The molecule has 2 aliphatic rings. The van der Waals surface area contributed by atoms with E-state index in [0.29, 0.717) is 56.1 Å². The molecule has 1 saturated heterocycles. The zero-order chi connectivity index (χ0) is 30.7. The zero-order valence-electron chi connectivity index (χ0n) is 24.1. The minimum atomic E-state index is -4.35. The predicted molar refractivity (Wildman–Crippen MR) is 153 cm³/mol. The molecule has 2 aromatic heterocycles. The summed E-state index contributed by atoms with van der Waals surface area (Å²) in [5, 5.41) is 7.27. The minimum Gasteiger partial charge on any atom is -0.358 e. The van der Waals surface area contributed by atoms with E-state index < -0.39 is 24.9 Å². The van der Waals surface area contributed by atoms with Gasteiger partial charge in [0, 0.05) is 69.9 Å². The number of pyridine rings is 1. The predicted octanol–water partition coefficient (Wildman–Crippen LogP) is 2.78. The Bertz CT molecular complexity index is 1530. The highest BCUT2D eigenvalue weighted by Gasteiger charge is 2.32. The maximum Gasteiger partial charge on any atom is 0.389 e. The Balaban J connectivity index is 1.24. The van der Waals surface area contributed by atoms with Crippen molar-refractivity contribution >= 4 is 28.9 Å². The number of aromatic nitrogens is 3. The van der Waals surface area contributed by atoms with Gasteiger partial charge in [-0.05, 0) is 48.9 Å². The fourth-order valence-corrected chi connectivity index (χ4v) is 5.46. The van der Waals surface area contributed by atoms with Crippen molar-refractivity contribution in [2.75, 3.05) is 46.8 Å². The lowest BCUT2D eigenvalue weighted by Gasteiger charge is -2.38. The second-order valence-corrected chi connectivity index (χ2v) is 10.9. The van der Waals surface area contributed by atoms with Crippen molar-refractivity contribution in [3.63, 3.8) is 0 Å². The topological polar surface area (TPSA) is 103 Å². The van der Waals surface area contributed by atoms with Gasteiger partial charge >= 0.3 is 6.18 Å². The molecular formula is C30H34F3N7O3. The number of halogens is 3. The average molecular weight is 598 g/mol. The first-order valence-corrected chi connectivity index (χ1v) is 14.2. The van der Waals surface area contributed by atoms with Crippen LogP contribution in [0.25, 0.3) is 11.2 Å². The van der Waals surface area contributed by atoms with Gasteiger partial charge in [-0.25, -0.2) is 9.50 Å². The standard InChI is InChI=1S/C30H34F3N7O3/c1-34-28(42)24-19-39(17-16-37(24)2)29(43)22-7-5-20(6-8-22)18-25-35-27-23(4-3-13-40(27)36-25)21-10-14-38(15-11-21)26(41)9-12-30(31,32)33/h3-8,10,13,24H,9,11-12,14-19H2,1-2H3,(H,34,42). The third-order valence-electron chi connectivity index (χ3n) is 7.98. The molecule has 13 heteroatoms. The van der Waals surface area contributed by atoms with E-state index in [2.05, 4.69) is 10.4 Å². The summed E-state index contributed by atoms with van der Waals surface area (Å²) in [6.07, 6.45) is -1.39. The Morgan fingerprint density at radius 2 is 1.81 bits per heavy atom.